The molecule has 0 aliphatic heterocycles. The Morgan fingerprint density at radius 3 is 2.29 bits per heavy atom. The number of hydrogen-bond acceptors (Lipinski definition) is 1. The molecule has 0 amide bonds. The Hall–Kier alpha value is -0.980. The van der Waals surface area contributed by atoms with Crippen LogP contribution in [0.2, 0.25) is 0 Å². The second-order valence-corrected chi connectivity index (χ2v) is 1.11. The van der Waals surface area contributed by atoms with Gasteiger partial charge in [0.1, 0.15) is 0 Å². The Morgan fingerprint density at radius 2 is 2.14 bits per heavy atom. The summed E-state index contributed by atoms with van der Waals surface area (Å²) in [4.78, 5) is 0. The third-order valence-electron chi connectivity index (χ3n) is 0.546. The van der Waals surface area contributed by atoms with Gasteiger partial charge in [0.25, 0.3) is 0 Å². The van der Waals surface area contributed by atoms with Crippen LogP contribution in [0.1, 0.15) is 1.43 Å². The first-order valence-corrected chi connectivity index (χ1v) is 2.02. The molecule has 0 fully saturated rings. The van der Waals surface area contributed by atoms with Crippen molar-refractivity contribution in [2.75, 3.05) is 0 Å². The molecule has 0 aromatic carbocycles. The van der Waals surface area contributed by atoms with Gasteiger partial charge in [-0.15, -0.1) is 0 Å². The monoisotopic (exact) mass is 97.1 g/mol. The molecule has 0 heterocycles. The van der Waals surface area contributed by atoms with Crippen molar-refractivity contribution in [3.8, 4) is 0 Å². The predicted octanol–water partition coefficient (Wildman–Crippen LogP) is 1.45. The third-order valence-corrected chi connectivity index (χ3v) is 0.546. The van der Waals surface area contributed by atoms with Crippen LogP contribution in [0.3, 0.4) is 0 Å². The zero-order valence-corrected chi connectivity index (χ0v) is 4.22. The lowest BCUT2D eigenvalue weighted by molar-refractivity contribution is 1.44. The molecule has 0 aromatic heterocycles. The molecule has 0 saturated carbocycles. The van der Waals surface area contributed by atoms with Gasteiger partial charge >= 0.3 is 0 Å². The zero-order valence-electron chi connectivity index (χ0n) is 4.22. The van der Waals surface area contributed by atoms with Gasteiger partial charge in [-0.25, -0.2) is 0 Å². The molecule has 0 radical (unpaired) electrons. The van der Waals surface area contributed by atoms with E-state index < -0.39 is 0 Å². The molecule has 1 heteroatoms. The van der Waals surface area contributed by atoms with E-state index in [2.05, 4.69) is 13.2 Å². The summed E-state index contributed by atoms with van der Waals surface area (Å²) in [5.74, 6) is 0. The summed E-state index contributed by atoms with van der Waals surface area (Å²) in [6.45, 7) is 6.88. The highest BCUT2D eigenvalue weighted by Gasteiger charge is 1.68. The zero-order chi connectivity index (χ0) is 5.70. The van der Waals surface area contributed by atoms with E-state index in [9.17, 15) is 0 Å². The van der Waals surface area contributed by atoms with Crippen molar-refractivity contribution >= 4 is 0 Å². The second kappa shape index (κ2) is 3.22. The number of allylic oxidation sites excluding steroid dienone is 3. The van der Waals surface area contributed by atoms with Gasteiger partial charge in [0.15, 0.2) is 0 Å². The van der Waals surface area contributed by atoms with Gasteiger partial charge in [0.2, 0.25) is 0 Å². The van der Waals surface area contributed by atoms with E-state index in [4.69, 9.17) is 5.73 Å². The highest BCUT2D eigenvalue weighted by atomic mass is 14.5. The molecule has 0 aliphatic rings. The summed E-state index contributed by atoms with van der Waals surface area (Å²) in [5, 5.41) is 0. The van der Waals surface area contributed by atoms with Gasteiger partial charge in [-0.05, 0) is 12.2 Å². The predicted molar refractivity (Wildman–Crippen MR) is 34.8 cm³/mol. The van der Waals surface area contributed by atoms with Gasteiger partial charge in [-0.1, -0.05) is 19.2 Å². The van der Waals surface area contributed by atoms with Crippen LogP contribution in [0.4, 0.5) is 0 Å². The maximum Gasteiger partial charge on any atom is 0.0307 e. The molecule has 0 bridgehead atoms. The molecule has 0 atom stereocenters. The molecule has 0 aliphatic carbocycles. The summed E-state index contributed by atoms with van der Waals surface area (Å²) in [5.41, 5.74) is 5.90. The lowest BCUT2D eigenvalue weighted by atomic mass is 10.4. The number of hydrogen-bond donors (Lipinski definition) is 1. The van der Waals surface area contributed by atoms with E-state index in [1.807, 2.05) is 0 Å². The van der Waals surface area contributed by atoms with Crippen molar-refractivity contribution in [1.29, 1.82) is 0 Å². The van der Waals surface area contributed by atoms with Gasteiger partial charge < -0.3 is 5.73 Å². The van der Waals surface area contributed by atoms with Crippen LogP contribution in [-0.2, 0) is 0 Å². The fourth-order valence-electron chi connectivity index (χ4n) is 0.204. The third kappa shape index (κ3) is 2.83. The molecular formula is C6H11N. The van der Waals surface area contributed by atoms with E-state index in [0.29, 0.717) is 5.70 Å². The summed E-state index contributed by atoms with van der Waals surface area (Å²) in [7, 11) is 0. The van der Waals surface area contributed by atoms with E-state index >= 15 is 0 Å². The lowest BCUT2D eigenvalue weighted by Gasteiger charge is -1.81. The largest absolute Gasteiger partial charge is 0.399 e. The van der Waals surface area contributed by atoms with E-state index in [1.165, 1.54) is 0 Å². The fourth-order valence-corrected chi connectivity index (χ4v) is 0.204. The molecule has 40 valence electrons. The first-order valence-electron chi connectivity index (χ1n) is 2.02. The van der Waals surface area contributed by atoms with Crippen molar-refractivity contribution in [1.82, 2.24) is 0 Å². The fraction of sp³-hybridized carbons (Fsp3) is 0. The van der Waals surface area contributed by atoms with Crippen molar-refractivity contribution < 1.29 is 1.43 Å². The van der Waals surface area contributed by atoms with Crippen molar-refractivity contribution in [2.45, 2.75) is 0 Å². The number of rotatable bonds is 2. The van der Waals surface area contributed by atoms with Gasteiger partial charge in [0.05, 0.1) is 0 Å². The van der Waals surface area contributed by atoms with Crippen LogP contribution in [0.15, 0.2) is 37.1 Å². The number of nitrogens with two attached hydrogens (primary N) is 1. The SMILES string of the molecule is C=C/C=C(/N)C=C.[HH]. The first-order chi connectivity index (χ1) is 3.31. The van der Waals surface area contributed by atoms with Crippen molar-refractivity contribution in [3.05, 3.63) is 37.1 Å². The second-order valence-electron chi connectivity index (χ2n) is 1.11. The summed E-state index contributed by atoms with van der Waals surface area (Å²) in [6.07, 6.45) is 4.88. The Balaban J connectivity index is 0. The molecule has 0 spiro atoms. The molecule has 0 aromatic rings. The minimum absolute atomic E-state index is 0. The van der Waals surface area contributed by atoms with E-state index in [0.717, 1.165) is 0 Å². The Labute approximate surface area is 45.3 Å². The summed E-state index contributed by atoms with van der Waals surface area (Å²) < 4.78 is 0. The quantitative estimate of drug-likeness (QED) is 0.518. The molecule has 0 saturated heterocycles. The normalized spacial score (nSPS) is 10.6. The first kappa shape index (κ1) is 6.02. The maximum atomic E-state index is 5.26. The van der Waals surface area contributed by atoms with E-state index in [-0.39, 0.29) is 1.43 Å². The average Bonchev–Trinajstić information content (AvgIpc) is 1.68. The van der Waals surface area contributed by atoms with Crippen LogP contribution in [0.25, 0.3) is 0 Å². The van der Waals surface area contributed by atoms with Crippen LogP contribution in [0, 0.1) is 0 Å². The summed E-state index contributed by atoms with van der Waals surface area (Å²) >= 11 is 0. The lowest BCUT2D eigenvalue weighted by Crippen LogP contribution is -1.89. The Bertz CT molecular complexity index is 105. The smallest absolute Gasteiger partial charge is 0.0307 e. The minimum Gasteiger partial charge on any atom is -0.399 e. The molecule has 1 nitrogen and oxygen atoms in total. The minimum atomic E-state index is 0. The Morgan fingerprint density at radius 1 is 1.57 bits per heavy atom. The molecule has 0 unspecified atom stereocenters. The van der Waals surface area contributed by atoms with Gasteiger partial charge in [-0.2, -0.15) is 0 Å². The van der Waals surface area contributed by atoms with Crippen molar-refractivity contribution in [3.63, 3.8) is 0 Å². The van der Waals surface area contributed by atoms with E-state index in [1.54, 1.807) is 18.2 Å². The van der Waals surface area contributed by atoms with Gasteiger partial charge in [-0.3, -0.25) is 0 Å². The van der Waals surface area contributed by atoms with Crippen LogP contribution >= 0.6 is 0 Å². The Kier molecular flexibility index (Phi) is 2.77. The highest BCUT2D eigenvalue weighted by Crippen LogP contribution is 1.81. The summed E-state index contributed by atoms with van der Waals surface area (Å²) in [6, 6.07) is 0. The van der Waals surface area contributed by atoms with Crippen LogP contribution in [-0.4, -0.2) is 0 Å². The average molecular weight is 97.2 g/mol. The van der Waals surface area contributed by atoms with Crippen molar-refractivity contribution in [2.24, 2.45) is 5.73 Å². The molecular weight excluding hydrogens is 86.1 g/mol. The molecule has 2 N–H and O–H groups in total. The molecule has 0 rings (SSSR count). The standard InChI is InChI=1S/C6H9N.H2/c1-3-5-6(7)4-2;/h3-5H,1-2,7H2;1H/b6-5+;. The van der Waals surface area contributed by atoms with Crippen LogP contribution in [0.5, 0.6) is 0 Å². The highest BCUT2D eigenvalue weighted by molar-refractivity contribution is 5.16. The topological polar surface area (TPSA) is 26.0 Å². The maximum absolute atomic E-state index is 5.26. The molecule has 7 heavy (non-hydrogen) atoms. The van der Waals surface area contributed by atoms with Gasteiger partial charge in [0, 0.05) is 7.12 Å². The van der Waals surface area contributed by atoms with Crippen LogP contribution < -0.4 is 5.73 Å².